The Morgan fingerprint density at radius 3 is 2.53 bits per heavy atom. The van der Waals surface area contributed by atoms with E-state index in [-0.39, 0.29) is 23.6 Å². The Bertz CT molecular complexity index is 1300. The maximum atomic E-state index is 14.6. The molecule has 0 saturated carbocycles. The van der Waals surface area contributed by atoms with Crippen LogP contribution in [0.2, 0.25) is 0 Å². The van der Waals surface area contributed by atoms with Gasteiger partial charge >= 0.3 is 10.1 Å². The van der Waals surface area contributed by atoms with E-state index in [1.165, 1.54) is 0 Å². The molecule has 2 aromatic heterocycles. The highest BCUT2D eigenvalue weighted by Gasteiger charge is 2.21. The lowest BCUT2D eigenvalue weighted by atomic mass is 10.1. The number of aryl methyl sites for hydroxylation is 3. The number of aliphatic hydroxyl groups excluding tert-OH is 1. The summed E-state index contributed by atoms with van der Waals surface area (Å²) in [5, 5.41) is 12.8. The van der Waals surface area contributed by atoms with E-state index in [0.717, 1.165) is 36.5 Å². The third-order valence-corrected chi connectivity index (χ3v) is 6.17. The average molecular weight is 490 g/mol. The van der Waals surface area contributed by atoms with Crippen molar-refractivity contribution in [2.24, 2.45) is 0 Å². The van der Waals surface area contributed by atoms with Crippen molar-refractivity contribution in [2.75, 3.05) is 24.7 Å². The predicted octanol–water partition coefficient (Wildman–Crippen LogP) is 2.98. The summed E-state index contributed by atoms with van der Waals surface area (Å²) in [6.07, 6.45) is 6.24. The quantitative estimate of drug-likeness (QED) is 0.488. The largest absolute Gasteiger partial charge is 0.392 e. The van der Waals surface area contributed by atoms with Crippen molar-refractivity contribution >= 4 is 21.8 Å². The number of nitrogens with one attached hydrogen (secondary N) is 1. The molecule has 0 radical (unpaired) electrons. The molecule has 1 aliphatic heterocycles. The molecule has 1 unspecified atom stereocenters. The highest BCUT2D eigenvalue weighted by Crippen LogP contribution is 2.29. The summed E-state index contributed by atoms with van der Waals surface area (Å²) in [6.45, 7) is 7.57. The zero-order valence-electron chi connectivity index (χ0n) is 19.5. The molecule has 4 rings (SSSR count). The molecule has 3 heterocycles. The molecule has 182 valence electrons. The standard InChI is InChI=1S/C23H28FN5O4S/c1-14-7-18(8-15(2)21(14)33-34(4,31)32)26-23-25-9-20(24)22(27-23)29-10-16(3)17(12-29)11-28-6-5-19(30)13-28/h7-10,12,19,30H,5-6,11,13H2,1-4H3,(H,25,26,27). The van der Waals surface area contributed by atoms with Crippen molar-refractivity contribution < 1.29 is 22.1 Å². The third kappa shape index (κ3) is 5.54. The summed E-state index contributed by atoms with van der Waals surface area (Å²) in [5.74, 6) is 0.0175. The summed E-state index contributed by atoms with van der Waals surface area (Å²) >= 11 is 0. The van der Waals surface area contributed by atoms with E-state index < -0.39 is 15.9 Å². The number of β-amino-alcohol motifs (C(OH)–C–C–N with tert-alkyl or cyclic N) is 1. The van der Waals surface area contributed by atoms with Crippen molar-refractivity contribution in [1.29, 1.82) is 0 Å². The molecule has 9 nitrogen and oxygen atoms in total. The van der Waals surface area contributed by atoms with E-state index >= 15 is 0 Å². The van der Waals surface area contributed by atoms with Crippen LogP contribution in [-0.4, -0.2) is 58.4 Å². The number of benzene rings is 1. The molecular formula is C23H28FN5O4S. The first kappa shape index (κ1) is 24.1. The number of likely N-dealkylation sites (tertiary alicyclic amines) is 1. The number of halogens is 1. The molecule has 1 atom stereocenters. The number of aromatic nitrogens is 3. The summed E-state index contributed by atoms with van der Waals surface area (Å²) in [7, 11) is -3.65. The highest BCUT2D eigenvalue weighted by atomic mass is 32.2. The SMILES string of the molecule is Cc1cn(-c2nc(Nc3cc(C)c(OS(C)(=O)=O)c(C)c3)ncc2F)cc1CN1CCC(O)C1. The molecule has 2 N–H and O–H groups in total. The lowest BCUT2D eigenvalue weighted by molar-refractivity contribution is 0.174. The molecule has 0 amide bonds. The van der Waals surface area contributed by atoms with Crippen LogP contribution in [0.3, 0.4) is 0 Å². The molecule has 34 heavy (non-hydrogen) atoms. The zero-order valence-corrected chi connectivity index (χ0v) is 20.4. The van der Waals surface area contributed by atoms with Crippen LogP contribution in [0.15, 0.2) is 30.7 Å². The zero-order chi connectivity index (χ0) is 24.6. The minimum Gasteiger partial charge on any atom is -0.392 e. The molecule has 3 aromatic rings. The van der Waals surface area contributed by atoms with Crippen LogP contribution in [-0.2, 0) is 16.7 Å². The number of anilines is 2. The molecule has 11 heteroatoms. The van der Waals surface area contributed by atoms with Crippen LogP contribution < -0.4 is 9.50 Å². The van der Waals surface area contributed by atoms with E-state index in [1.54, 1.807) is 30.5 Å². The Morgan fingerprint density at radius 1 is 1.21 bits per heavy atom. The van der Waals surface area contributed by atoms with E-state index in [1.807, 2.05) is 19.3 Å². The Labute approximate surface area is 198 Å². The van der Waals surface area contributed by atoms with Crippen molar-refractivity contribution in [1.82, 2.24) is 19.4 Å². The smallest absolute Gasteiger partial charge is 0.306 e. The predicted molar refractivity (Wildman–Crippen MR) is 127 cm³/mol. The average Bonchev–Trinajstić information content (AvgIpc) is 3.31. The Hall–Kier alpha value is -3.02. The van der Waals surface area contributed by atoms with Crippen LogP contribution in [0, 0.1) is 26.6 Å². The van der Waals surface area contributed by atoms with Crippen LogP contribution in [0.25, 0.3) is 5.82 Å². The number of rotatable bonds is 7. The molecule has 1 fully saturated rings. The Kier molecular flexibility index (Phi) is 6.61. The summed E-state index contributed by atoms with van der Waals surface area (Å²) in [4.78, 5) is 10.6. The van der Waals surface area contributed by atoms with Gasteiger partial charge < -0.3 is 19.2 Å². The molecule has 0 spiro atoms. The van der Waals surface area contributed by atoms with Gasteiger partial charge in [0, 0.05) is 37.7 Å². The van der Waals surface area contributed by atoms with Gasteiger partial charge in [0.2, 0.25) is 5.95 Å². The maximum absolute atomic E-state index is 14.6. The van der Waals surface area contributed by atoms with Crippen LogP contribution >= 0.6 is 0 Å². The number of aliphatic hydroxyl groups is 1. The summed E-state index contributed by atoms with van der Waals surface area (Å²) in [5.41, 5.74) is 3.89. The van der Waals surface area contributed by atoms with Gasteiger partial charge in [0.15, 0.2) is 11.6 Å². The summed E-state index contributed by atoms with van der Waals surface area (Å²) in [6, 6.07) is 3.42. The molecule has 1 aliphatic rings. The second kappa shape index (κ2) is 9.32. The van der Waals surface area contributed by atoms with Crippen molar-refractivity contribution in [3.05, 3.63) is 58.8 Å². The number of nitrogens with zero attached hydrogens (tertiary/aromatic N) is 4. The molecule has 1 aromatic carbocycles. The van der Waals surface area contributed by atoms with Gasteiger partial charge in [0.25, 0.3) is 0 Å². The monoisotopic (exact) mass is 489 g/mol. The first-order valence-corrected chi connectivity index (χ1v) is 12.7. The minimum absolute atomic E-state index is 0.110. The van der Waals surface area contributed by atoms with Crippen LogP contribution in [0.4, 0.5) is 16.0 Å². The van der Waals surface area contributed by atoms with Gasteiger partial charge in [-0.15, -0.1) is 0 Å². The number of hydrogen-bond acceptors (Lipinski definition) is 8. The second-order valence-corrected chi connectivity index (χ2v) is 10.3. The van der Waals surface area contributed by atoms with Gasteiger partial charge in [-0.05, 0) is 61.6 Å². The van der Waals surface area contributed by atoms with E-state index in [4.69, 9.17) is 4.18 Å². The molecular weight excluding hydrogens is 461 g/mol. The fourth-order valence-electron chi connectivity index (χ4n) is 4.12. The maximum Gasteiger partial charge on any atom is 0.306 e. The minimum atomic E-state index is -3.65. The van der Waals surface area contributed by atoms with Gasteiger partial charge in [-0.2, -0.15) is 13.4 Å². The van der Waals surface area contributed by atoms with Crippen LogP contribution in [0.5, 0.6) is 5.75 Å². The van der Waals surface area contributed by atoms with Crippen LogP contribution in [0.1, 0.15) is 28.7 Å². The fourth-order valence-corrected chi connectivity index (χ4v) is 4.68. The van der Waals surface area contributed by atoms with Crippen molar-refractivity contribution in [3.63, 3.8) is 0 Å². The summed E-state index contributed by atoms with van der Waals surface area (Å²) < 4.78 is 44.4. The van der Waals surface area contributed by atoms with Crippen molar-refractivity contribution in [3.8, 4) is 11.6 Å². The van der Waals surface area contributed by atoms with Gasteiger partial charge in [0.05, 0.1) is 18.6 Å². The van der Waals surface area contributed by atoms with Gasteiger partial charge in [-0.25, -0.2) is 9.37 Å². The molecule has 0 aliphatic carbocycles. The Balaban J connectivity index is 1.57. The van der Waals surface area contributed by atoms with Crippen molar-refractivity contribution in [2.45, 2.75) is 39.8 Å². The van der Waals surface area contributed by atoms with Gasteiger partial charge in [-0.1, -0.05) is 0 Å². The lowest BCUT2D eigenvalue weighted by Crippen LogP contribution is -2.21. The fraction of sp³-hybridized carbons (Fsp3) is 0.391. The second-order valence-electron chi connectivity index (χ2n) is 8.77. The molecule has 0 bridgehead atoms. The highest BCUT2D eigenvalue weighted by molar-refractivity contribution is 7.86. The molecule has 1 saturated heterocycles. The first-order chi connectivity index (χ1) is 16.0. The Morgan fingerprint density at radius 2 is 1.91 bits per heavy atom. The lowest BCUT2D eigenvalue weighted by Gasteiger charge is -2.14. The van der Waals surface area contributed by atoms with E-state index in [9.17, 15) is 17.9 Å². The van der Waals surface area contributed by atoms with Gasteiger partial charge in [-0.3, -0.25) is 4.90 Å². The number of hydrogen-bond donors (Lipinski definition) is 2. The van der Waals surface area contributed by atoms with Gasteiger partial charge in [0.1, 0.15) is 5.75 Å². The van der Waals surface area contributed by atoms with E-state index in [0.29, 0.717) is 29.9 Å². The normalized spacial score (nSPS) is 16.7. The third-order valence-electron chi connectivity index (χ3n) is 5.70. The van der Waals surface area contributed by atoms with E-state index in [2.05, 4.69) is 20.2 Å². The first-order valence-electron chi connectivity index (χ1n) is 10.9. The topological polar surface area (TPSA) is 110 Å².